The first kappa shape index (κ1) is 16.7. The molecule has 4 heterocycles. The van der Waals surface area contributed by atoms with Crippen molar-refractivity contribution in [2.75, 3.05) is 26.2 Å². The summed E-state index contributed by atoms with van der Waals surface area (Å²) in [4.78, 5) is 33.0. The average molecular weight is 370 g/mol. The van der Waals surface area contributed by atoms with Gasteiger partial charge in [0, 0.05) is 37.8 Å². The van der Waals surface area contributed by atoms with E-state index in [2.05, 4.69) is 10.1 Å². The largest absolute Gasteiger partial charge is 0.336 e. The second kappa shape index (κ2) is 6.87. The molecule has 0 bridgehead atoms. The van der Waals surface area contributed by atoms with Crippen molar-refractivity contribution in [3.8, 4) is 0 Å². The van der Waals surface area contributed by atoms with Crippen LogP contribution < -0.4 is 0 Å². The first-order valence-corrected chi connectivity index (χ1v) is 9.46. The molecule has 134 valence electrons. The molecule has 8 heteroatoms. The van der Waals surface area contributed by atoms with Gasteiger partial charge in [0.25, 0.3) is 17.5 Å². The van der Waals surface area contributed by atoms with Crippen LogP contribution in [0.1, 0.15) is 33.3 Å². The number of hydrogen-bond acceptors (Lipinski definition) is 6. The van der Waals surface area contributed by atoms with Gasteiger partial charge in [-0.1, -0.05) is 12.1 Å². The summed E-state index contributed by atoms with van der Waals surface area (Å²) < 4.78 is 5.17. The van der Waals surface area contributed by atoms with E-state index in [1.54, 1.807) is 15.9 Å². The van der Waals surface area contributed by atoms with Crippen molar-refractivity contribution < 1.29 is 14.1 Å². The molecule has 0 aromatic carbocycles. The minimum Gasteiger partial charge on any atom is -0.336 e. The Bertz CT molecular complexity index is 943. The van der Waals surface area contributed by atoms with Gasteiger partial charge in [-0.3, -0.25) is 9.59 Å². The van der Waals surface area contributed by atoms with Crippen LogP contribution in [0.3, 0.4) is 0 Å². The van der Waals surface area contributed by atoms with Crippen LogP contribution in [0.4, 0.5) is 0 Å². The third-order valence-electron chi connectivity index (χ3n) is 4.61. The van der Waals surface area contributed by atoms with Gasteiger partial charge in [0.2, 0.25) is 0 Å². The summed E-state index contributed by atoms with van der Waals surface area (Å²) in [5.41, 5.74) is 2.48. The van der Waals surface area contributed by atoms with Crippen molar-refractivity contribution in [2.45, 2.75) is 13.3 Å². The average Bonchev–Trinajstić information content (AvgIpc) is 3.36. The number of aryl methyl sites for hydroxylation is 1. The normalized spacial score (nSPS) is 14.8. The van der Waals surface area contributed by atoms with E-state index in [0.29, 0.717) is 43.0 Å². The summed E-state index contributed by atoms with van der Waals surface area (Å²) in [6, 6.07) is 3.62. The highest BCUT2D eigenvalue weighted by Gasteiger charge is 2.26. The quantitative estimate of drug-likeness (QED) is 0.707. The monoisotopic (exact) mass is 370 g/mol. The summed E-state index contributed by atoms with van der Waals surface area (Å²) >= 11 is 1.51. The highest BCUT2D eigenvalue weighted by atomic mass is 32.1. The topological polar surface area (TPSA) is 79.5 Å². The van der Waals surface area contributed by atoms with Crippen LogP contribution in [0, 0.1) is 0 Å². The van der Waals surface area contributed by atoms with Gasteiger partial charge in [0.1, 0.15) is 0 Å². The zero-order valence-corrected chi connectivity index (χ0v) is 15.2. The number of amides is 2. The van der Waals surface area contributed by atoms with Crippen LogP contribution in [-0.4, -0.2) is 57.9 Å². The molecule has 2 amide bonds. The molecular weight excluding hydrogens is 352 g/mol. The summed E-state index contributed by atoms with van der Waals surface area (Å²) in [5, 5.41) is 8.50. The summed E-state index contributed by atoms with van der Waals surface area (Å²) in [6.45, 7) is 4.07. The Labute approximate surface area is 154 Å². The minimum atomic E-state index is -0.0784. The predicted octanol–water partition coefficient (Wildman–Crippen LogP) is 2.44. The Morgan fingerprint density at radius 3 is 2.46 bits per heavy atom. The first-order chi connectivity index (χ1) is 12.7. The fourth-order valence-electron chi connectivity index (χ4n) is 3.12. The first-order valence-electron chi connectivity index (χ1n) is 8.52. The molecule has 26 heavy (non-hydrogen) atoms. The zero-order chi connectivity index (χ0) is 18.1. The van der Waals surface area contributed by atoms with Crippen LogP contribution in [0.25, 0.3) is 11.1 Å². The van der Waals surface area contributed by atoms with Crippen molar-refractivity contribution in [3.05, 3.63) is 45.9 Å². The van der Waals surface area contributed by atoms with Crippen molar-refractivity contribution in [3.63, 3.8) is 0 Å². The van der Waals surface area contributed by atoms with E-state index in [9.17, 15) is 9.59 Å². The van der Waals surface area contributed by atoms with Crippen LogP contribution in [0.15, 0.2) is 33.6 Å². The number of pyridine rings is 1. The number of thiophene rings is 1. The number of hydrogen-bond donors (Lipinski definition) is 0. The number of piperazine rings is 1. The number of carbonyl (C=O) groups is 2. The van der Waals surface area contributed by atoms with E-state index in [-0.39, 0.29) is 11.8 Å². The Morgan fingerprint density at radius 2 is 1.85 bits per heavy atom. The third-order valence-corrected chi connectivity index (χ3v) is 5.29. The van der Waals surface area contributed by atoms with E-state index in [4.69, 9.17) is 4.52 Å². The van der Waals surface area contributed by atoms with Crippen molar-refractivity contribution in [1.82, 2.24) is 19.9 Å². The highest BCUT2D eigenvalue weighted by Crippen LogP contribution is 2.20. The molecular formula is C18H18N4O3S. The van der Waals surface area contributed by atoms with E-state index in [1.807, 2.05) is 23.8 Å². The lowest BCUT2D eigenvalue weighted by molar-refractivity contribution is 0.0535. The van der Waals surface area contributed by atoms with E-state index in [1.165, 1.54) is 17.5 Å². The van der Waals surface area contributed by atoms with Gasteiger partial charge in [-0.2, -0.15) is 11.3 Å². The summed E-state index contributed by atoms with van der Waals surface area (Å²) in [5.74, 6) is -0.0521. The summed E-state index contributed by atoms with van der Waals surface area (Å²) in [6.07, 6.45) is 2.24. The molecule has 0 aliphatic carbocycles. The Morgan fingerprint density at radius 1 is 1.15 bits per heavy atom. The smallest absolute Gasteiger partial charge is 0.257 e. The molecule has 0 radical (unpaired) electrons. The molecule has 1 aliphatic rings. The molecule has 1 aliphatic heterocycles. The molecule has 7 nitrogen and oxygen atoms in total. The number of rotatable bonds is 3. The fraction of sp³-hybridized carbons (Fsp3) is 0.333. The molecule has 1 saturated heterocycles. The van der Waals surface area contributed by atoms with Gasteiger partial charge >= 0.3 is 0 Å². The van der Waals surface area contributed by atoms with Crippen LogP contribution in [0.2, 0.25) is 0 Å². The second-order valence-electron chi connectivity index (χ2n) is 6.16. The van der Waals surface area contributed by atoms with Crippen molar-refractivity contribution in [1.29, 1.82) is 0 Å². The maximum atomic E-state index is 12.8. The van der Waals surface area contributed by atoms with Crippen molar-refractivity contribution >= 4 is 34.3 Å². The van der Waals surface area contributed by atoms with Gasteiger partial charge in [-0.05, 0) is 23.9 Å². The van der Waals surface area contributed by atoms with E-state index < -0.39 is 0 Å². The lowest BCUT2D eigenvalue weighted by Gasteiger charge is -2.34. The second-order valence-corrected chi connectivity index (χ2v) is 6.94. The Hall–Kier alpha value is -2.74. The molecule has 0 spiro atoms. The van der Waals surface area contributed by atoms with Gasteiger partial charge in [0.15, 0.2) is 0 Å². The molecule has 3 aromatic heterocycles. The standard InChI is InChI=1S/C18H18N4O3S/c1-2-15-14-9-13(10-19-16(14)25-20-15)18(24)22-6-4-21(5-7-22)17(23)12-3-8-26-11-12/h3,8-11H,2,4-7H2,1H3. The number of nitrogens with zero attached hydrogens (tertiary/aromatic N) is 4. The van der Waals surface area contributed by atoms with Crippen LogP contribution in [0.5, 0.6) is 0 Å². The van der Waals surface area contributed by atoms with Crippen molar-refractivity contribution in [2.24, 2.45) is 0 Å². The van der Waals surface area contributed by atoms with Gasteiger partial charge < -0.3 is 14.3 Å². The maximum Gasteiger partial charge on any atom is 0.257 e. The predicted molar refractivity (Wildman–Crippen MR) is 97.3 cm³/mol. The number of aromatic nitrogens is 2. The maximum absolute atomic E-state index is 12.8. The summed E-state index contributed by atoms with van der Waals surface area (Å²) in [7, 11) is 0. The Kier molecular flexibility index (Phi) is 4.42. The molecule has 3 aromatic rings. The fourth-order valence-corrected chi connectivity index (χ4v) is 3.74. The zero-order valence-electron chi connectivity index (χ0n) is 14.3. The molecule has 0 saturated carbocycles. The SMILES string of the molecule is CCc1noc2ncc(C(=O)N3CCN(C(=O)c4ccsc4)CC3)cc12. The minimum absolute atomic E-state index is 0.0264. The van der Waals surface area contributed by atoms with E-state index >= 15 is 0 Å². The van der Waals surface area contributed by atoms with Crippen LogP contribution in [-0.2, 0) is 6.42 Å². The molecule has 0 unspecified atom stereocenters. The van der Waals surface area contributed by atoms with Gasteiger partial charge in [-0.15, -0.1) is 0 Å². The number of fused-ring (bicyclic) bond motifs is 1. The van der Waals surface area contributed by atoms with E-state index in [0.717, 1.165) is 17.5 Å². The molecule has 4 rings (SSSR count). The number of carbonyl (C=O) groups excluding carboxylic acids is 2. The van der Waals surface area contributed by atoms with Gasteiger partial charge in [0.05, 0.1) is 22.2 Å². The molecule has 1 fully saturated rings. The molecule has 0 atom stereocenters. The lowest BCUT2D eigenvalue weighted by Crippen LogP contribution is -2.50. The highest BCUT2D eigenvalue weighted by molar-refractivity contribution is 7.08. The molecule has 0 N–H and O–H groups in total. The third kappa shape index (κ3) is 2.96. The van der Waals surface area contributed by atoms with Crippen LogP contribution >= 0.6 is 11.3 Å². The Balaban J connectivity index is 1.46. The van der Waals surface area contributed by atoms with Gasteiger partial charge in [-0.25, -0.2) is 4.98 Å². The lowest BCUT2D eigenvalue weighted by atomic mass is 10.1.